The number of nitrogens with zero attached hydrogens (tertiary/aromatic N) is 2. The second-order valence-corrected chi connectivity index (χ2v) is 7.94. The van der Waals surface area contributed by atoms with E-state index in [1.807, 2.05) is 56.3 Å². The Morgan fingerprint density at radius 3 is 2.66 bits per heavy atom. The molecule has 1 amide bonds. The Balaban J connectivity index is 1.53. The Bertz CT molecular complexity index is 1080. The van der Waals surface area contributed by atoms with Gasteiger partial charge in [-0.3, -0.25) is 9.69 Å². The van der Waals surface area contributed by atoms with Gasteiger partial charge >= 0.3 is 0 Å². The van der Waals surface area contributed by atoms with Gasteiger partial charge in [-0.2, -0.15) is 0 Å². The SMILES string of the molecule is COc1cccc(CN(Cc2ccc3c(c2)OCO3)Cc2nc(C(=O)NC(C)C)co2)c1. The number of hydrogen-bond donors (Lipinski definition) is 1. The van der Waals surface area contributed by atoms with Crippen LogP contribution in [0.4, 0.5) is 0 Å². The lowest BCUT2D eigenvalue weighted by Crippen LogP contribution is -2.30. The third-order valence-electron chi connectivity index (χ3n) is 4.95. The van der Waals surface area contributed by atoms with E-state index in [-0.39, 0.29) is 24.4 Å². The predicted octanol–water partition coefficient (Wildman–Crippen LogP) is 3.75. The molecule has 2 aromatic carbocycles. The molecule has 0 saturated heterocycles. The zero-order valence-electron chi connectivity index (χ0n) is 18.5. The van der Waals surface area contributed by atoms with Gasteiger partial charge in [-0.25, -0.2) is 4.98 Å². The maximum atomic E-state index is 12.2. The number of nitrogens with one attached hydrogen (secondary N) is 1. The van der Waals surface area contributed by atoms with Crippen LogP contribution in [0.25, 0.3) is 0 Å². The minimum atomic E-state index is -0.245. The van der Waals surface area contributed by atoms with Crippen molar-refractivity contribution in [1.82, 2.24) is 15.2 Å². The number of aromatic nitrogens is 1. The lowest BCUT2D eigenvalue weighted by Gasteiger charge is -2.21. The van der Waals surface area contributed by atoms with E-state index >= 15 is 0 Å². The minimum Gasteiger partial charge on any atom is -0.497 e. The van der Waals surface area contributed by atoms with Gasteiger partial charge in [0.15, 0.2) is 17.2 Å². The highest BCUT2D eigenvalue weighted by Crippen LogP contribution is 2.33. The van der Waals surface area contributed by atoms with E-state index in [0.717, 1.165) is 28.4 Å². The first-order chi connectivity index (χ1) is 15.5. The van der Waals surface area contributed by atoms with Gasteiger partial charge in [0, 0.05) is 19.1 Å². The van der Waals surface area contributed by atoms with Crippen LogP contribution in [0.15, 0.2) is 53.1 Å². The third kappa shape index (κ3) is 5.39. The highest BCUT2D eigenvalue weighted by atomic mass is 16.7. The predicted molar refractivity (Wildman–Crippen MR) is 118 cm³/mol. The summed E-state index contributed by atoms with van der Waals surface area (Å²) in [6, 6.07) is 13.9. The van der Waals surface area contributed by atoms with Crippen LogP contribution in [0.5, 0.6) is 17.2 Å². The van der Waals surface area contributed by atoms with Crippen LogP contribution in [0, 0.1) is 0 Å². The first-order valence-electron chi connectivity index (χ1n) is 10.5. The molecule has 4 rings (SSSR count). The lowest BCUT2D eigenvalue weighted by atomic mass is 10.1. The van der Waals surface area contributed by atoms with Gasteiger partial charge in [0.2, 0.25) is 12.7 Å². The van der Waals surface area contributed by atoms with Crippen LogP contribution in [-0.4, -0.2) is 35.7 Å². The van der Waals surface area contributed by atoms with Gasteiger partial charge in [0.05, 0.1) is 13.7 Å². The fourth-order valence-corrected chi connectivity index (χ4v) is 3.51. The molecule has 32 heavy (non-hydrogen) atoms. The molecular weight excluding hydrogens is 410 g/mol. The van der Waals surface area contributed by atoms with Gasteiger partial charge in [-0.1, -0.05) is 18.2 Å². The van der Waals surface area contributed by atoms with Gasteiger partial charge in [-0.15, -0.1) is 0 Å². The molecule has 0 aliphatic carbocycles. The van der Waals surface area contributed by atoms with Crippen molar-refractivity contribution in [3.8, 4) is 17.2 Å². The smallest absolute Gasteiger partial charge is 0.273 e. The molecule has 0 radical (unpaired) electrons. The molecule has 168 valence electrons. The van der Waals surface area contributed by atoms with E-state index in [1.165, 1.54) is 6.26 Å². The van der Waals surface area contributed by atoms with Crippen molar-refractivity contribution >= 4 is 5.91 Å². The number of carbonyl (C=O) groups is 1. The first-order valence-corrected chi connectivity index (χ1v) is 10.5. The zero-order valence-corrected chi connectivity index (χ0v) is 18.5. The second kappa shape index (κ2) is 9.74. The molecule has 1 aromatic heterocycles. The molecule has 1 aliphatic heterocycles. The maximum absolute atomic E-state index is 12.2. The zero-order chi connectivity index (χ0) is 22.5. The number of amides is 1. The Hall–Kier alpha value is -3.52. The lowest BCUT2D eigenvalue weighted by molar-refractivity contribution is 0.0938. The van der Waals surface area contributed by atoms with E-state index in [0.29, 0.717) is 25.5 Å². The largest absolute Gasteiger partial charge is 0.497 e. The molecular formula is C24H27N3O5. The summed E-state index contributed by atoms with van der Waals surface area (Å²) in [5.74, 6) is 2.52. The molecule has 0 atom stereocenters. The Morgan fingerprint density at radius 1 is 1.09 bits per heavy atom. The van der Waals surface area contributed by atoms with Crippen molar-refractivity contribution in [2.45, 2.75) is 39.5 Å². The van der Waals surface area contributed by atoms with Crippen LogP contribution in [0.3, 0.4) is 0 Å². The van der Waals surface area contributed by atoms with E-state index in [4.69, 9.17) is 18.6 Å². The fourth-order valence-electron chi connectivity index (χ4n) is 3.51. The minimum absolute atomic E-state index is 0.0261. The Morgan fingerprint density at radius 2 is 1.88 bits per heavy atom. The van der Waals surface area contributed by atoms with Gasteiger partial charge in [0.1, 0.15) is 12.0 Å². The molecule has 0 bridgehead atoms. The molecule has 1 N–H and O–H groups in total. The van der Waals surface area contributed by atoms with Gasteiger partial charge < -0.3 is 23.9 Å². The standard InChI is InChI=1S/C24H27N3O5/c1-16(2)25-24(28)20-14-30-23(26-20)13-27(11-17-5-4-6-19(9-17)29-3)12-18-7-8-21-22(10-18)32-15-31-21/h4-10,14,16H,11-13,15H2,1-3H3,(H,25,28). The number of benzene rings is 2. The van der Waals surface area contributed by atoms with Crippen molar-refractivity contribution < 1.29 is 23.4 Å². The summed E-state index contributed by atoms with van der Waals surface area (Å²) >= 11 is 0. The summed E-state index contributed by atoms with van der Waals surface area (Å²) in [7, 11) is 1.65. The number of methoxy groups -OCH3 is 1. The quantitative estimate of drug-likeness (QED) is 0.546. The van der Waals surface area contributed by atoms with Crippen LogP contribution in [-0.2, 0) is 19.6 Å². The fraction of sp³-hybridized carbons (Fsp3) is 0.333. The summed E-state index contributed by atoms with van der Waals surface area (Å²) in [4.78, 5) is 18.8. The first kappa shape index (κ1) is 21.7. The number of rotatable bonds is 9. The summed E-state index contributed by atoms with van der Waals surface area (Å²) in [6.45, 7) is 5.75. The topological polar surface area (TPSA) is 86.1 Å². The van der Waals surface area contributed by atoms with E-state index in [9.17, 15) is 4.79 Å². The van der Waals surface area contributed by atoms with Crippen LogP contribution in [0.2, 0.25) is 0 Å². The third-order valence-corrected chi connectivity index (χ3v) is 4.95. The average molecular weight is 437 g/mol. The Labute approximate surface area is 187 Å². The molecule has 3 aromatic rings. The number of oxazole rings is 1. The number of carbonyl (C=O) groups excluding carboxylic acids is 1. The van der Waals surface area contributed by atoms with Crippen molar-refractivity contribution in [3.05, 3.63) is 71.4 Å². The van der Waals surface area contributed by atoms with E-state index in [1.54, 1.807) is 7.11 Å². The maximum Gasteiger partial charge on any atom is 0.273 e. The van der Waals surface area contributed by atoms with Gasteiger partial charge in [-0.05, 0) is 49.2 Å². The molecule has 8 heteroatoms. The molecule has 1 aliphatic rings. The molecule has 8 nitrogen and oxygen atoms in total. The summed E-state index contributed by atoms with van der Waals surface area (Å²) in [6.07, 6.45) is 1.40. The monoisotopic (exact) mass is 437 g/mol. The molecule has 0 saturated carbocycles. The highest BCUT2D eigenvalue weighted by Gasteiger charge is 2.18. The summed E-state index contributed by atoms with van der Waals surface area (Å²) in [5.41, 5.74) is 2.44. The highest BCUT2D eigenvalue weighted by molar-refractivity contribution is 5.92. The summed E-state index contributed by atoms with van der Waals surface area (Å²) < 4.78 is 21.9. The Kier molecular flexibility index (Phi) is 6.61. The second-order valence-electron chi connectivity index (χ2n) is 7.94. The number of fused-ring (bicyclic) bond motifs is 1. The van der Waals surface area contributed by atoms with Crippen LogP contribution in [0.1, 0.15) is 41.4 Å². The van der Waals surface area contributed by atoms with E-state index < -0.39 is 0 Å². The number of ether oxygens (including phenoxy) is 3. The molecule has 0 spiro atoms. The molecule has 0 unspecified atom stereocenters. The molecule has 0 fully saturated rings. The van der Waals surface area contributed by atoms with Crippen LogP contribution < -0.4 is 19.5 Å². The normalized spacial score (nSPS) is 12.4. The number of hydrogen-bond acceptors (Lipinski definition) is 7. The van der Waals surface area contributed by atoms with Crippen LogP contribution >= 0.6 is 0 Å². The van der Waals surface area contributed by atoms with Crippen molar-refractivity contribution in [2.24, 2.45) is 0 Å². The van der Waals surface area contributed by atoms with Crippen molar-refractivity contribution in [3.63, 3.8) is 0 Å². The van der Waals surface area contributed by atoms with E-state index in [2.05, 4.69) is 15.2 Å². The molecule has 2 heterocycles. The average Bonchev–Trinajstić information content (AvgIpc) is 3.42. The van der Waals surface area contributed by atoms with Gasteiger partial charge in [0.25, 0.3) is 5.91 Å². The van der Waals surface area contributed by atoms with Crippen molar-refractivity contribution in [1.29, 1.82) is 0 Å². The summed E-state index contributed by atoms with van der Waals surface area (Å²) in [5, 5.41) is 2.83. The van der Waals surface area contributed by atoms with Crippen molar-refractivity contribution in [2.75, 3.05) is 13.9 Å².